The van der Waals surface area contributed by atoms with Crippen molar-refractivity contribution < 1.29 is 4.42 Å². The Morgan fingerprint density at radius 3 is 1.46 bits per heavy atom. The van der Waals surface area contributed by atoms with Gasteiger partial charge in [-0.2, -0.15) is 23.4 Å². The van der Waals surface area contributed by atoms with Crippen LogP contribution < -0.4 is 0 Å². The number of nitrogens with zero attached hydrogens (tertiary/aromatic N) is 1. The summed E-state index contributed by atoms with van der Waals surface area (Å²) in [6.45, 7) is 0. The van der Waals surface area contributed by atoms with E-state index in [2.05, 4.69) is 9.40 Å². The lowest BCUT2D eigenvalue weighted by Gasteiger charge is -1.69. The Bertz CT molecular complexity index is 205. The Kier molecular flexibility index (Phi) is 12.7. The highest BCUT2D eigenvalue weighted by atomic mass is 32.1. The van der Waals surface area contributed by atoms with Crippen LogP contribution in [0.3, 0.4) is 0 Å². The highest BCUT2D eigenvalue weighted by molar-refractivity contribution is 7.59. The van der Waals surface area contributed by atoms with E-state index in [9.17, 15) is 0 Å². The molecule has 1 unspecified atom stereocenters. The summed E-state index contributed by atoms with van der Waals surface area (Å²) in [4.78, 5) is 3.56. The summed E-state index contributed by atoms with van der Waals surface area (Å²) in [5, 5.41) is 0. The molecule has 0 aliphatic carbocycles. The van der Waals surface area contributed by atoms with Crippen LogP contribution in [0.4, 0.5) is 0 Å². The first-order valence-corrected chi connectivity index (χ1v) is 3.32. The van der Waals surface area contributed by atoms with E-state index in [0.29, 0.717) is 0 Å². The molecule has 0 bridgehead atoms. The third-order valence-electron chi connectivity index (χ3n) is 1.01. The molecule has 1 aromatic heterocycles. The summed E-state index contributed by atoms with van der Waals surface area (Å²) in [7, 11) is 0. The van der Waals surface area contributed by atoms with Crippen molar-refractivity contribution in [3.63, 3.8) is 0 Å². The van der Waals surface area contributed by atoms with Gasteiger partial charge in [-0.3, -0.25) is 0 Å². The number of hydrogen-bond acceptors (Lipinski definition) is 2. The zero-order chi connectivity index (χ0) is 7.78. The molecule has 0 saturated carbocycles. The minimum Gasteiger partial charge on any atom is -0.452 e. The highest BCUT2D eigenvalue weighted by Gasteiger charge is 1.59. The number of rotatable bonds is 0. The molecule has 0 radical (unpaired) electrons. The molecular weight excluding hydrogens is 201 g/mol. The second-order valence-corrected chi connectivity index (χ2v) is 1.83. The Labute approximate surface area is 88.5 Å². The molecule has 0 fully saturated rings. The molecule has 1 aromatic carbocycles. The molecule has 0 saturated heterocycles. The number of aromatic nitrogens is 1. The van der Waals surface area contributed by atoms with E-state index >= 15 is 0 Å². The Balaban J connectivity index is 0. The van der Waals surface area contributed by atoms with Crippen molar-refractivity contribution in [3.05, 3.63) is 55.3 Å². The van der Waals surface area contributed by atoms with Gasteiger partial charge in [-0.05, 0) is 0 Å². The summed E-state index contributed by atoms with van der Waals surface area (Å²) >= 11 is 0. The van der Waals surface area contributed by atoms with Crippen LogP contribution in [0.1, 0.15) is 0 Å². The monoisotopic (exact) mass is 215 g/mol. The van der Waals surface area contributed by atoms with Crippen molar-refractivity contribution >= 4 is 23.4 Å². The van der Waals surface area contributed by atoms with E-state index < -0.39 is 0 Å². The van der Waals surface area contributed by atoms with Crippen molar-refractivity contribution in [2.24, 2.45) is 0 Å². The zero-order valence-corrected chi connectivity index (χ0v) is 9.67. The third-order valence-corrected chi connectivity index (χ3v) is 1.01. The summed E-state index contributed by atoms with van der Waals surface area (Å²) in [6.07, 6.45) is 4.47. The molecule has 4 heteroatoms. The van der Waals surface area contributed by atoms with Crippen LogP contribution in [0.5, 0.6) is 0 Å². The second kappa shape index (κ2) is 11.2. The van der Waals surface area contributed by atoms with E-state index in [1.807, 2.05) is 36.4 Å². The Morgan fingerprint density at radius 1 is 0.846 bits per heavy atom. The third kappa shape index (κ3) is 9.12. The average Bonchev–Trinajstić information content (AvgIpc) is 2.64. The fraction of sp³-hybridized carbons (Fsp3) is 0. The molecule has 0 amide bonds. The first-order chi connectivity index (χ1) is 5.50. The normalized spacial score (nSPS) is 6.77. The Hall–Kier alpha value is -0.790. The van der Waals surface area contributed by atoms with Gasteiger partial charge in [0.1, 0.15) is 6.26 Å². The van der Waals surface area contributed by atoms with Gasteiger partial charge in [0.2, 0.25) is 0 Å². The van der Waals surface area contributed by atoms with Gasteiger partial charge in [-0.1, -0.05) is 36.4 Å². The maximum absolute atomic E-state index is 4.47. The first kappa shape index (κ1) is 14.7. The lowest BCUT2D eigenvalue weighted by molar-refractivity contribution is 0.558. The maximum atomic E-state index is 4.47. The smallest absolute Gasteiger partial charge is 0.180 e. The molecule has 72 valence electrons. The first-order valence-electron chi connectivity index (χ1n) is 3.32. The van der Waals surface area contributed by atoms with Crippen LogP contribution in [-0.2, 0) is 0 Å². The molecule has 0 N–H and O–H groups in total. The standard InChI is InChI=1S/C6H6.C3H3NO.H3P.H2S/c1-2-4-6-5-3-1;1-2-5-3-4-1;;/h1-6H;1-3H;1H3;1H2. The zero-order valence-electron chi connectivity index (χ0n) is 7.26. The highest BCUT2D eigenvalue weighted by Crippen LogP contribution is 1.79. The number of hydrogen-bond donors (Lipinski definition) is 0. The SMILES string of the molecule is P.S.c1ccccc1.c1cocn1. The van der Waals surface area contributed by atoms with Gasteiger partial charge in [0, 0.05) is 0 Å². The fourth-order valence-corrected chi connectivity index (χ4v) is 0.561. The summed E-state index contributed by atoms with van der Waals surface area (Å²) in [5.41, 5.74) is 0. The topological polar surface area (TPSA) is 26.0 Å². The lowest BCUT2D eigenvalue weighted by atomic mass is 10.4. The van der Waals surface area contributed by atoms with Gasteiger partial charge in [0.15, 0.2) is 6.39 Å². The number of oxazole rings is 1. The van der Waals surface area contributed by atoms with E-state index in [0.717, 1.165) is 0 Å². The van der Waals surface area contributed by atoms with Crippen LogP contribution in [0.15, 0.2) is 59.7 Å². The van der Waals surface area contributed by atoms with Crippen molar-refractivity contribution in [1.29, 1.82) is 0 Å². The fourth-order valence-electron chi connectivity index (χ4n) is 0.561. The summed E-state index contributed by atoms with van der Waals surface area (Å²) < 4.78 is 4.47. The predicted molar refractivity (Wildman–Crippen MR) is 64.4 cm³/mol. The molecule has 1 heterocycles. The van der Waals surface area contributed by atoms with Crippen LogP contribution in [0.2, 0.25) is 0 Å². The molecule has 1 atom stereocenters. The van der Waals surface area contributed by atoms with E-state index in [-0.39, 0.29) is 23.4 Å². The molecule has 2 aromatic rings. The minimum atomic E-state index is 0. The quantitative estimate of drug-likeness (QED) is 0.631. The van der Waals surface area contributed by atoms with Gasteiger partial charge >= 0.3 is 0 Å². The summed E-state index contributed by atoms with van der Waals surface area (Å²) in [6, 6.07) is 12.0. The minimum absolute atomic E-state index is 0. The lowest BCUT2D eigenvalue weighted by Crippen LogP contribution is -1.47. The average molecular weight is 215 g/mol. The molecule has 2 nitrogen and oxygen atoms in total. The van der Waals surface area contributed by atoms with Gasteiger partial charge in [-0.25, -0.2) is 4.98 Å². The molecule has 2 rings (SSSR count). The van der Waals surface area contributed by atoms with E-state index in [1.54, 1.807) is 6.20 Å². The Morgan fingerprint density at radius 2 is 1.31 bits per heavy atom. The van der Waals surface area contributed by atoms with Crippen LogP contribution in [0, 0.1) is 0 Å². The van der Waals surface area contributed by atoms with Gasteiger partial charge in [0.05, 0.1) is 6.20 Å². The second-order valence-electron chi connectivity index (χ2n) is 1.83. The molecule has 0 aliphatic heterocycles. The van der Waals surface area contributed by atoms with Gasteiger partial charge < -0.3 is 4.42 Å². The van der Waals surface area contributed by atoms with E-state index in [1.165, 1.54) is 12.7 Å². The number of benzene rings is 1. The van der Waals surface area contributed by atoms with Crippen molar-refractivity contribution in [2.75, 3.05) is 0 Å². The van der Waals surface area contributed by atoms with E-state index in [4.69, 9.17) is 0 Å². The van der Waals surface area contributed by atoms with Crippen molar-refractivity contribution in [2.45, 2.75) is 0 Å². The maximum Gasteiger partial charge on any atom is 0.180 e. The predicted octanol–water partition coefficient (Wildman–Crippen LogP) is 2.53. The van der Waals surface area contributed by atoms with Gasteiger partial charge in [-0.15, -0.1) is 0 Å². The molecule has 13 heavy (non-hydrogen) atoms. The molecular formula is C9H14NOPS. The van der Waals surface area contributed by atoms with Crippen molar-refractivity contribution in [3.8, 4) is 0 Å². The molecule has 0 aliphatic rings. The largest absolute Gasteiger partial charge is 0.452 e. The summed E-state index contributed by atoms with van der Waals surface area (Å²) in [5.74, 6) is 0. The van der Waals surface area contributed by atoms with Crippen LogP contribution in [-0.4, -0.2) is 4.98 Å². The van der Waals surface area contributed by atoms with Crippen LogP contribution in [0.25, 0.3) is 0 Å². The molecule has 0 spiro atoms. The van der Waals surface area contributed by atoms with Gasteiger partial charge in [0.25, 0.3) is 0 Å². The van der Waals surface area contributed by atoms with Crippen molar-refractivity contribution in [1.82, 2.24) is 4.98 Å². The van der Waals surface area contributed by atoms with Crippen LogP contribution >= 0.6 is 23.4 Å².